The molecule has 0 heterocycles. The van der Waals surface area contributed by atoms with Gasteiger partial charge in [-0.15, -0.1) is 0 Å². The van der Waals surface area contributed by atoms with Crippen LogP contribution < -0.4 is 5.73 Å². The molecule has 2 N–H and O–H groups in total. The monoisotopic (exact) mass is 281 g/mol. The number of hydrogen-bond donors (Lipinski definition) is 1. The van der Waals surface area contributed by atoms with E-state index in [2.05, 4.69) is 47.1 Å². The topological polar surface area (TPSA) is 26.0 Å². The summed E-state index contributed by atoms with van der Waals surface area (Å²) in [5.41, 5.74) is 7.71. The minimum atomic E-state index is 0.243. The molecular weight excluding hydrogens is 262 g/mol. The molecule has 1 saturated carbocycles. The first-order chi connectivity index (χ1) is 7.66. The van der Waals surface area contributed by atoms with Gasteiger partial charge in [-0.2, -0.15) is 0 Å². The molecule has 0 spiro atoms. The number of rotatable bonds is 2. The first-order valence-corrected chi connectivity index (χ1v) is 6.92. The van der Waals surface area contributed by atoms with Crippen molar-refractivity contribution in [1.82, 2.24) is 0 Å². The fraction of sp³-hybridized carbons (Fsp3) is 0.571. The first-order valence-electron chi connectivity index (χ1n) is 6.12. The van der Waals surface area contributed by atoms with Crippen LogP contribution in [-0.4, -0.2) is 6.54 Å². The molecule has 1 aliphatic rings. The van der Waals surface area contributed by atoms with Gasteiger partial charge in [0.05, 0.1) is 0 Å². The van der Waals surface area contributed by atoms with Gasteiger partial charge in [0, 0.05) is 16.4 Å². The van der Waals surface area contributed by atoms with Crippen molar-refractivity contribution in [2.45, 2.75) is 38.0 Å². The van der Waals surface area contributed by atoms with E-state index >= 15 is 0 Å². The van der Waals surface area contributed by atoms with Crippen molar-refractivity contribution < 1.29 is 0 Å². The Labute approximate surface area is 107 Å². The molecule has 2 heteroatoms. The van der Waals surface area contributed by atoms with Gasteiger partial charge >= 0.3 is 0 Å². The lowest BCUT2D eigenvalue weighted by molar-refractivity contribution is 0.247. The number of nitrogens with two attached hydrogens (primary N) is 1. The molecule has 2 rings (SSSR count). The zero-order valence-corrected chi connectivity index (χ0v) is 11.5. The standard InChI is InChI=1S/C14H20BrN/c1-11-6-8-14(10-16,9-7-11)12-2-4-13(15)5-3-12/h2-5,11H,6-10,16H2,1H3. The van der Waals surface area contributed by atoms with Crippen molar-refractivity contribution in [3.63, 3.8) is 0 Å². The van der Waals surface area contributed by atoms with Crippen LogP contribution in [0.5, 0.6) is 0 Å². The quantitative estimate of drug-likeness (QED) is 0.876. The third-order valence-electron chi connectivity index (χ3n) is 4.08. The summed E-state index contributed by atoms with van der Waals surface area (Å²) in [7, 11) is 0. The maximum atomic E-state index is 6.04. The van der Waals surface area contributed by atoms with Gasteiger partial charge in [0.1, 0.15) is 0 Å². The van der Waals surface area contributed by atoms with Gasteiger partial charge in [-0.25, -0.2) is 0 Å². The summed E-state index contributed by atoms with van der Waals surface area (Å²) in [6.45, 7) is 3.13. The number of halogens is 1. The largest absolute Gasteiger partial charge is 0.330 e. The SMILES string of the molecule is CC1CCC(CN)(c2ccc(Br)cc2)CC1. The van der Waals surface area contributed by atoms with E-state index in [-0.39, 0.29) is 5.41 Å². The van der Waals surface area contributed by atoms with Gasteiger partial charge in [-0.3, -0.25) is 0 Å². The highest BCUT2D eigenvalue weighted by atomic mass is 79.9. The highest BCUT2D eigenvalue weighted by Gasteiger charge is 2.34. The predicted molar refractivity (Wildman–Crippen MR) is 72.5 cm³/mol. The van der Waals surface area contributed by atoms with Gasteiger partial charge in [0.2, 0.25) is 0 Å². The average Bonchev–Trinajstić information content (AvgIpc) is 2.32. The molecule has 0 bridgehead atoms. The van der Waals surface area contributed by atoms with Gasteiger partial charge < -0.3 is 5.73 Å². The van der Waals surface area contributed by atoms with Crippen LogP contribution in [0.25, 0.3) is 0 Å². The summed E-state index contributed by atoms with van der Waals surface area (Å²) in [6, 6.07) is 8.72. The van der Waals surface area contributed by atoms with E-state index in [0.717, 1.165) is 16.9 Å². The van der Waals surface area contributed by atoms with Crippen LogP contribution in [0.4, 0.5) is 0 Å². The van der Waals surface area contributed by atoms with Crippen molar-refractivity contribution in [2.75, 3.05) is 6.54 Å². The molecule has 0 radical (unpaired) electrons. The Morgan fingerprint density at radius 3 is 2.31 bits per heavy atom. The maximum absolute atomic E-state index is 6.04. The van der Waals surface area contributed by atoms with Crippen LogP contribution in [0.15, 0.2) is 28.7 Å². The smallest absolute Gasteiger partial charge is 0.0175 e. The van der Waals surface area contributed by atoms with E-state index in [1.165, 1.54) is 31.2 Å². The average molecular weight is 282 g/mol. The Morgan fingerprint density at radius 1 is 1.25 bits per heavy atom. The van der Waals surface area contributed by atoms with E-state index in [1.807, 2.05) is 0 Å². The molecule has 0 saturated heterocycles. The summed E-state index contributed by atoms with van der Waals surface area (Å²) in [6.07, 6.45) is 5.11. The summed E-state index contributed by atoms with van der Waals surface area (Å²) in [5, 5.41) is 0. The summed E-state index contributed by atoms with van der Waals surface area (Å²) < 4.78 is 1.15. The van der Waals surface area contributed by atoms with Crippen LogP contribution in [0.1, 0.15) is 38.2 Å². The second-order valence-corrected chi connectivity index (χ2v) is 6.09. The molecule has 1 aliphatic carbocycles. The molecule has 0 aliphatic heterocycles. The van der Waals surface area contributed by atoms with Gasteiger partial charge in [0.15, 0.2) is 0 Å². The zero-order chi connectivity index (χ0) is 11.6. The van der Waals surface area contributed by atoms with Crippen LogP contribution in [0, 0.1) is 5.92 Å². The number of benzene rings is 1. The molecule has 1 nitrogen and oxygen atoms in total. The summed E-state index contributed by atoms with van der Waals surface area (Å²) in [4.78, 5) is 0. The van der Waals surface area contributed by atoms with E-state index in [0.29, 0.717) is 0 Å². The van der Waals surface area contributed by atoms with Crippen molar-refractivity contribution in [1.29, 1.82) is 0 Å². The van der Waals surface area contributed by atoms with E-state index in [4.69, 9.17) is 5.73 Å². The van der Waals surface area contributed by atoms with Crippen LogP contribution >= 0.6 is 15.9 Å². The number of hydrogen-bond acceptors (Lipinski definition) is 1. The Hall–Kier alpha value is -0.340. The van der Waals surface area contributed by atoms with Crippen LogP contribution in [0.2, 0.25) is 0 Å². The van der Waals surface area contributed by atoms with Crippen molar-refractivity contribution in [3.8, 4) is 0 Å². The van der Waals surface area contributed by atoms with Gasteiger partial charge in [-0.05, 0) is 49.3 Å². The molecule has 0 amide bonds. The van der Waals surface area contributed by atoms with E-state index in [1.54, 1.807) is 0 Å². The molecule has 16 heavy (non-hydrogen) atoms. The summed E-state index contributed by atoms with van der Waals surface area (Å²) in [5.74, 6) is 0.870. The molecule has 0 aromatic heterocycles. The van der Waals surface area contributed by atoms with E-state index in [9.17, 15) is 0 Å². The Balaban J connectivity index is 2.24. The van der Waals surface area contributed by atoms with Crippen molar-refractivity contribution in [2.24, 2.45) is 11.7 Å². The Morgan fingerprint density at radius 2 is 1.81 bits per heavy atom. The predicted octanol–water partition coefficient (Wildman–Crippen LogP) is 3.86. The second kappa shape index (κ2) is 4.89. The zero-order valence-electron chi connectivity index (χ0n) is 9.88. The lowest BCUT2D eigenvalue weighted by Gasteiger charge is -2.39. The Bertz CT molecular complexity index is 336. The molecule has 0 atom stereocenters. The molecule has 1 aromatic carbocycles. The van der Waals surface area contributed by atoms with Crippen molar-refractivity contribution in [3.05, 3.63) is 34.3 Å². The Kier molecular flexibility index (Phi) is 3.70. The van der Waals surface area contributed by atoms with Gasteiger partial charge in [-0.1, -0.05) is 35.0 Å². The van der Waals surface area contributed by atoms with Gasteiger partial charge in [0.25, 0.3) is 0 Å². The van der Waals surface area contributed by atoms with E-state index < -0.39 is 0 Å². The molecule has 1 fully saturated rings. The fourth-order valence-corrected chi connectivity index (χ4v) is 2.99. The first kappa shape index (κ1) is 12.1. The fourth-order valence-electron chi connectivity index (χ4n) is 2.73. The minimum absolute atomic E-state index is 0.243. The normalized spacial score (nSPS) is 30.3. The van der Waals surface area contributed by atoms with Crippen molar-refractivity contribution >= 4 is 15.9 Å². The molecule has 88 valence electrons. The molecular formula is C14H20BrN. The maximum Gasteiger partial charge on any atom is 0.0175 e. The highest BCUT2D eigenvalue weighted by molar-refractivity contribution is 9.10. The van der Waals surface area contributed by atoms with Crippen LogP contribution in [0.3, 0.4) is 0 Å². The minimum Gasteiger partial charge on any atom is -0.330 e. The summed E-state index contributed by atoms with van der Waals surface area (Å²) >= 11 is 3.49. The third kappa shape index (κ3) is 2.33. The lowest BCUT2D eigenvalue weighted by atomic mass is 9.67. The van der Waals surface area contributed by atoms with Crippen LogP contribution in [-0.2, 0) is 5.41 Å². The molecule has 0 unspecified atom stereocenters. The highest BCUT2D eigenvalue weighted by Crippen LogP contribution is 2.40. The molecule has 1 aromatic rings. The lowest BCUT2D eigenvalue weighted by Crippen LogP contribution is -2.38. The third-order valence-corrected chi connectivity index (χ3v) is 4.61. The second-order valence-electron chi connectivity index (χ2n) is 5.17.